The number of carboxylic acid groups (broad SMARTS) is 1. The third-order valence-corrected chi connectivity index (χ3v) is 3.31. The normalized spacial score (nSPS) is 14.1. The predicted molar refractivity (Wildman–Crippen MR) is 83.4 cm³/mol. The van der Waals surface area contributed by atoms with Crippen LogP contribution in [0.2, 0.25) is 0 Å². The maximum atomic E-state index is 11.8. The molecule has 1 amide bonds. The van der Waals surface area contributed by atoms with Crippen LogP contribution in [0.1, 0.15) is 39.2 Å². The second kappa shape index (κ2) is 6.93. The third kappa shape index (κ3) is 5.75. The predicted octanol–water partition coefficient (Wildman–Crippen LogP) is 3.53. The number of aliphatic carboxylic acids is 1. The number of carbonyl (C=O) groups excluding carboxylic acids is 1. The molecule has 0 aliphatic rings. The van der Waals surface area contributed by atoms with E-state index in [4.69, 9.17) is 4.74 Å². The molecular weight excluding hydrogens is 338 g/mol. The number of rotatable bonds is 4. The lowest BCUT2D eigenvalue weighted by Crippen LogP contribution is -2.46. The number of nitrogens with one attached hydrogen (secondary N) is 1. The molecule has 0 spiro atoms. The van der Waals surface area contributed by atoms with Gasteiger partial charge in [-0.3, -0.25) is 0 Å². The number of benzene rings is 1. The van der Waals surface area contributed by atoms with Gasteiger partial charge in [-0.05, 0) is 38.5 Å². The maximum absolute atomic E-state index is 11.8. The Bertz CT molecular complexity index is 525. The number of ether oxygens (including phenoxy) is 1. The van der Waals surface area contributed by atoms with Crippen molar-refractivity contribution in [2.45, 2.75) is 45.3 Å². The fraction of sp³-hybridized carbons (Fsp3) is 0.467. The average molecular weight is 358 g/mol. The molecule has 1 rings (SSSR count). The van der Waals surface area contributed by atoms with E-state index in [0.717, 1.165) is 10.0 Å². The fourth-order valence-corrected chi connectivity index (χ4v) is 2.23. The van der Waals surface area contributed by atoms with Gasteiger partial charge in [-0.25, -0.2) is 9.59 Å². The quantitative estimate of drug-likeness (QED) is 0.863. The van der Waals surface area contributed by atoms with E-state index in [1.165, 1.54) is 0 Å². The topological polar surface area (TPSA) is 75.6 Å². The zero-order chi connectivity index (χ0) is 16.2. The maximum Gasteiger partial charge on any atom is 0.408 e. The van der Waals surface area contributed by atoms with Crippen molar-refractivity contribution in [2.24, 2.45) is 0 Å². The SMILES string of the molecule is C[C@H](c1cccc(Br)c1)C(NC(=O)OC(C)(C)C)C(=O)O. The number of carbonyl (C=O) groups is 2. The number of alkyl carbamates (subject to hydrolysis) is 1. The lowest BCUT2D eigenvalue weighted by molar-refractivity contribution is -0.140. The molecule has 0 fully saturated rings. The summed E-state index contributed by atoms with van der Waals surface area (Å²) in [5, 5.41) is 11.8. The highest BCUT2D eigenvalue weighted by Gasteiger charge is 2.29. The molecule has 0 bridgehead atoms. The first-order valence-corrected chi connectivity index (χ1v) is 7.37. The van der Waals surface area contributed by atoms with Crippen LogP contribution in [0, 0.1) is 0 Å². The van der Waals surface area contributed by atoms with Crippen molar-refractivity contribution < 1.29 is 19.4 Å². The van der Waals surface area contributed by atoms with E-state index in [-0.39, 0.29) is 0 Å². The zero-order valence-electron chi connectivity index (χ0n) is 12.5. The van der Waals surface area contributed by atoms with E-state index in [9.17, 15) is 14.7 Å². The van der Waals surface area contributed by atoms with Crippen molar-refractivity contribution in [3.8, 4) is 0 Å². The van der Waals surface area contributed by atoms with Crippen molar-refractivity contribution in [2.75, 3.05) is 0 Å². The van der Waals surface area contributed by atoms with Crippen LogP contribution in [-0.4, -0.2) is 28.8 Å². The standard InChI is InChI=1S/C15H20BrNO4/c1-9(10-6-5-7-11(16)8-10)12(13(18)19)17-14(20)21-15(2,3)4/h5-9,12H,1-4H3,(H,17,20)(H,18,19)/t9-,12?/m1/s1. The fourth-order valence-electron chi connectivity index (χ4n) is 1.82. The Hall–Kier alpha value is -1.56. The van der Waals surface area contributed by atoms with Gasteiger partial charge < -0.3 is 15.2 Å². The summed E-state index contributed by atoms with van der Waals surface area (Å²) in [4.78, 5) is 23.2. The van der Waals surface area contributed by atoms with Gasteiger partial charge in [0.2, 0.25) is 0 Å². The Labute approximate surface area is 132 Å². The Kier molecular flexibility index (Phi) is 5.78. The molecule has 0 radical (unpaired) electrons. The van der Waals surface area contributed by atoms with Crippen molar-refractivity contribution in [3.63, 3.8) is 0 Å². The lowest BCUT2D eigenvalue weighted by Gasteiger charge is -2.25. The van der Waals surface area contributed by atoms with Gasteiger partial charge in [0.05, 0.1) is 0 Å². The van der Waals surface area contributed by atoms with Crippen LogP contribution in [0.3, 0.4) is 0 Å². The summed E-state index contributed by atoms with van der Waals surface area (Å²) < 4.78 is 5.96. The van der Waals surface area contributed by atoms with Gasteiger partial charge in [0, 0.05) is 10.4 Å². The molecule has 21 heavy (non-hydrogen) atoms. The van der Waals surface area contributed by atoms with Gasteiger partial charge in [-0.15, -0.1) is 0 Å². The van der Waals surface area contributed by atoms with Crippen molar-refractivity contribution >= 4 is 28.0 Å². The van der Waals surface area contributed by atoms with Crippen molar-refractivity contribution in [3.05, 3.63) is 34.3 Å². The molecule has 0 aliphatic heterocycles. The van der Waals surface area contributed by atoms with Gasteiger partial charge in [0.15, 0.2) is 0 Å². The van der Waals surface area contributed by atoms with E-state index in [2.05, 4.69) is 21.2 Å². The van der Waals surface area contributed by atoms with Gasteiger partial charge in [-0.1, -0.05) is 35.0 Å². The van der Waals surface area contributed by atoms with Crippen LogP contribution < -0.4 is 5.32 Å². The molecule has 6 heteroatoms. The summed E-state index contributed by atoms with van der Waals surface area (Å²) in [5.41, 5.74) is 0.138. The molecule has 0 aliphatic carbocycles. The average Bonchev–Trinajstić information content (AvgIpc) is 2.32. The van der Waals surface area contributed by atoms with Crippen LogP contribution in [0.5, 0.6) is 0 Å². The minimum absolute atomic E-state index is 0.396. The van der Waals surface area contributed by atoms with Gasteiger partial charge in [-0.2, -0.15) is 0 Å². The number of hydrogen-bond acceptors (Lipinski definition) is 3. The molecule has 0 aromatic heterocycles. The van der Waals surface area contributed by atoms with Crippen LogP contribution >= 0.6 is 15.9 Å². The number of amides is 1. The highest BCUT2D eigenvalue weighted by Crippen LogP contribution is 2.23. The second-order valence-corrected chi connectivity index (χ2v) is 6.72. The highest BCUT2D eigenvalue weighted by atomic mass is 79.9. The van der Waals surface area contributed by atoms with E-state index in [1.807, 2.05) is 24.3 Å². The van der Waals surface area contributed by atoms with Gasteiger partial charge >= 0.3 is 12.1 Å². The Balaban J connectivity index is 2.87. The summed E-state index contributed by atoms with van der Waals surface area (Å²) in [5.74, 6) is -1.50. The molecule has 1 aromatic rings. The van der Waals surface area contributed by atoms with E-state index < -0.39 is 29.6 Å². The van der Waals surface area contributed by atoms with E-state index in [0.29, 0.717) is 0 Å². The summed E-state index contributed by atoms with van der Waals surface area (Å²) in [7, 11) is 0. The molecule has 1 aromatic carbocycles. The molecule has 0 saturated heterocycles. The largest absolute Gasteiger partial charge is 0.480 e. The van der Waals surface area contributed by atoms with Crippen LogP contribution in [-0.2, 0) is 9.53 Å². The minimum Gasteiger partial charge on any atom is -0.480 e. The molecule has 2 atom stereocenters. The van der Waals surface area contributed by atoms with Crippen molar-refractivity contribution in [1.29, 1.82) is 0 Å². The summed E-state index contributed by atoms with van der Waals surface area (Å²) in [6.07, 6.45) is -0.739. The number of halogens is 1. The number of hydrogen-bond donors (Lipinski definition) is 2. The molecule has 1 unspecified atom stereocenters. The smallest absolute Gasteiger partial charge is 0.408 e. The third-order valence-electron chi connectivity index (χ3n) is 2.81. The molecule has 2 N–H and O–H groups in total. The van der Waals surface area contributed by atoms with Gasteiger partial charge in [0.1, 0.15) is 11.6 Å². The van der Waals surface area contributed by atoms with Crippen LogP contribution in [0.4, 0.5) is 4.79 Å². The first kappa shape index (κ1) is 17.5. The minimum atomic E-state index is -1.10. The van der Waals surface area contributed by atoms with Crippen molar-refractivity contribution in [1.82, 2.24) is 5.32 Å². The first-order chi connectivity index (χ1) is 9.60. The molecule has 0 saturated carbocycles. The number of carboxylic acids is 1. The Morgan fingerprint density at radius 2 is 1.95 bits per heavy atom. The summed E-state index contributed by atoms with van der Waals surface area (Å²) in [6, 6.07) is 6.27. The molecular formula is C15H20BrNO4. The Morgan fingerprint density at radius 3 is 2.43 bits per heavy atom. The van der Waals surface area contributed by atoms with E-state index >= 15 is 0 Å². The van der Waals surface area contributed by atoms with Crippen LogP contribution in [0.15, 0.2) is 28.7 Å². The van der Waals surface area contributed by atoms with Crippen LogP contribution in [0.25, 0.3) is 0 Å². The highest BCUT2D eigenvalue weighted by molar-refractivity contribution is 9.10. The monoisotopic (exact) mass is 357 g/mol. The molecule has 0 heterocycles. The zero-order valence-corrected chi connectivity index (χ0v) is 14.1. The molecule has 116 valence electrons. The Morgan fingerprint density at radius 1 is 1.33 bits per heavy atom. The summed E-state index contributed by atoms with van der Waals surface area (Å²) in [6.45, 7) is 6.91. The first-order valence-electron chi connectivity index (χ1n) is 6.58. The van der Waals surface area contributed by atoms with Gasteiger partial charge in [0.25, 0.3) is 0 Å². The van der Waals surface area contributed by atoms with E-state index in [1.54, 1.807) is 27.7 Å². The lowest BCUT2D eigenvalue weighted by atomic mass is 9.93. The summed E-state index contributed by atoms with van der Waals surface area (Å²) >= 11 is 3.35. The second-order valence-electron chi connectivity index (χ2n) is 5.81. The molecule has 5 nitrogen and oxygen atoms in total.